The van der Waals surface area contributed by atoms with Crippen LogP contribution in [0.1, 0.15) is 67.9 Å². The molecule has 4 rings (SSSR count). The molecule has 0 radical (unpaired) electrons. The fraction of sp³-hybridized carbons (Fsp3) is 0.692. The quantitative estimate of drug-likeness (QED) is 0.853. The summed E-state index contributed by atoms with van der Waals surface area (Å²) in [6, 6.07) is 0. The molecule has 2 fully saturated rings. The molecule has 2 saturated carbocycles. The summed E-state index contributed by atoms with van der Waals surface area (Å²) in [6.07, 6.45) is 7.41. The number of rotatable bonds is 5. The van der Waals surface area contributed by atoms with Crippen molar-refractivity contribution in [3.63, 3.8) is 0 Å². The second kappa shape index (κ2) is 5.20. The SMILES string of the molecule is C1CCC(c2noc(CSc3n[nH]c(C4CC4)n3)n2)C1. The topological polar surface area (TPSA) is 80.5 Å². The second-order valence-corrected chi connectivity index (χ2v) is 6.54. The number of hydrogen-bond donors (Lipinski definition) is 1. The lowest BCUT2D eigenvalue weighted by Gasteiger charge is -1.99. The molecule has 2 aliphatic rings. The zero-order valence-corrected chi connectivity index (χ0v) is 12.0. The van der Waals surface area contributed by atoms with Gasteiger partial charge in [-0.05, 0) is 25.7 Å². The van der Waals surface area contributed by atoms with Gasteiger partial charge in [0, 0.05) is 11.8 Å². The van der Waals surface area contributed by atoms with Crippen LogP contribution in [0.4, 0.5) is 0 Å². The predicted molar refractivity (Wildman–Crippen MR) is 73.4 cm³/mol. The molecule has 0 aliphatic heterocycles. The van der Waals surface area contributed by atoms with E-state index in [1.54, 1.807) is 11.8 Å². The number of hydrogen-bond acceptors (Lipinski definition) is 6. The van der Waals surface area contributed by atoms with Crippen molar-refractivity contribution in [3.8, 4) is 0 Å². The maximum absolute atomic E-state index is 5.32. The van der Waals surface area contributed by atoms with Crippen LogP contribution in [0.3, 0.4) is 0 Å². The molecule has 2 heterocycles. The smallest absolute Gasteiger partial charge is 0.237 e. The summed E-state index contributed by atoms with van der Waals surface area (Å²) in [4.78, 5) is 8.98. The Morgan fingerprint density at radius 3 is 2.75 bits per heavy atom. The molecule has 0 spiro atoms. The monoisotopic (exact) mass is 291 g/mol. The van der Waals surface area contributed by atoms with Crippen molar-refractivity contribution < 1.29 is 4.52 Å². The summed E-state index contributed by atoms with van der Waals surface area (Å²) < 4.78 is 5.32. The number of aromatic amines is 1. The van der Waals surface area contributed by atoms with Crippen LogP contribution in [0.25, 0.3) is 0 Å². The van der Waals surface area contributed by atoms with Crippen molar-refractivity contribution in [2.45, 2.75) is 61.3 Å². The summed E-state index contributed by atoms with van der Waals surface area (Å²) in [7, 11) is 0. The summed E-state index contributed by atoms with van der Waals surface area (Å²) in [6.45, 7) is 0. The maximum Gasteiger partial charge on any atom is 0.237 e. The summed E-state index contributed by atoms with van der Waals surface area (Å²) in [5, 5.41) is 12.1. The van der Waals surface area contributed by atoms with Gasteiger partial charge >= 0.3 is 0 Å². The first-order chi connectivity index (χ1) is 9.88. The molecule has 1 N–H and O–H groups in total. The highest BCUT2D eigenvalue weighted by Gasteiger charge is 2.27. The van der Waals surface area contributed by atoms with Crippen LogP contribution < -0.4 is 0 Å². The van der Waals surface area contributed by atoms with Gasteiger partial charge in [0.1, 0.15) is 5.82 Å². The summed E-state index contributed by atoms with van der Waals surface area (Å²) in [5.41, 5.74) is 0. The lowest BCUT2D eigenvalue weighted by Crippen LogP contribution is -1.94. The Morgan fingerprint density at radius 1 is 1.10 bits per heavy atom. The molecule has 2 aromatic heterocycles. The second-order valence-electron chi connectivity index (χ2n) is 5.59. The Morgan fingerprint density at radius 2 is 1.95 bits per heavy atom. The lowest BCUT2D eigenvalue weighted by atomic mass is 10.1. The van der Waals surface area contributed by atoms with Gasteiger partial charge in [0.15, 0.2) is 5.82 Å². The average Bonchev–Trinajstić information content (AvgIpc) is 2.93. The van der Waals surface area contributed by atoms with E-state index in [0.29, 0.717) is 23.5 Å². The first-order valence-corrected chi connectivity index (χ1v) is 8.24. The first kappa shape index (κ1) is 12.4. The van der Waals surface area contributed by atoms with Crippen molar-refractivity contribution in [1.82, 2.24) is 25.3 Å². The molecule has 2 aliphatic carbocycles. The summed E-state index contributed by atoms with van der Waals surface area (Å²) >= 11 is 1.55. The van der Waals surface area contributed by atoms with Crippen molar-refractivity contribution in [3.05, 3.63) is 17.5 Å². The number of nitrogens with one attached hydrogen (secondary N) is 1. The molecule has 0 aromatic carbocycles. The number of aromatic nitrogens is 5. The largest absolute Gasteiger partial charge is 0.338 e. The summed E-state index contributed by atoms with van der Waals surface area (Å²) in [5.74, 6) is 4.32. The van der Waals surface area contributed by atoms with Crippen molar-refractivity contribution >= 4 is 11.8 Å². The number of H-pyrrole nitrogens is 1. The fourth-order valence-corrected chi connectivity index (χ4v) is 3.31. The Kier molecular flexibility index (Phi) is 3.22. The zero-order valence-electron chi connectivity index (χ0n) is 11.2. The molecule has 0 bridgehead atoms. The van der Waals surface area contributed by atoms with E-state index in [4.69, 9.17) is 4.52 Å². The Bertz CT molecular complexity index is 585. The van der Waals surface area contributed by atoms with E-state index >= 15 is 0 Å². The minimum atomic E-state index is 0.502. The van der Waals surface area contributed by atoms with Crippen LogP contribution in [-0.2, 0) is 5.75 Å². The van der Waals surface area contributed by atoms with E-state index < -0.39 is 0 Å². The van der Waals surface area contributed by atoms with Gasteiger partial charge in [-0.15, -0.1) is 5.10 Å². The van der Waals surface area contributed by atoms with Gasteiger partial charge in [-0.3, -0.25) is 5.10 Å². The van der Waals surface area contributed by atoms with E-state index in [1.165, 1.54) is 38.5 Å². The van der Waals surface area contributed by atoms with Gasteiger partial charge < -0.3 is 4.52 Å². The molecular formula is C13H17N5OS. The normalized spacial score (nSPS) is 19.8. The Labute approximate surface area is 121 Å². The highest BCUT2D eigenvalue weighted by molar-refractivity contribution is 7.98. The van der Waals surface area contributed by atoms with Crippen LogP contribution in [0.5, 0.6) is 0 Å². The Balaban J connectivity index is 1.36. The number of nitrogens with zero attached hydrogens (tertiary/aromatic N) is 4. The van der Waals surface area contributed by atoms with Gasteiger partial charge in [-0.2, -0.15) is 4.98 Å². The van der Waals surface area contributed by atoms with E-state index in [-0.39, 0.29) is 0 Å². The minimum Gasteiger partial charge on any atom is -0.338 e. The molecule has 2 aromatic rings. The molecule has 0 atom stereocenters. The van der Waals surface area contributed by atoms with Crippen molar-refractivity contribution in [2.75, 3.05) is 0 Å². The fourth-order valence-electron chi connectivity index (χ4n) is 2.66. The highest BCUT2D eigenvalue weighted by atomic mass is 32.2. The molecule has 6 nitrogen and oxygen atoms in total. The average molecular weight is 291 g/mol. The van der Waals surface area contributed by atoms with E-state index in [1.807, 2.05) is 0 Å². The van der Waals surface area contributed by atoms with Crippen LogP contribution in [0, 0.1) is 0 Å². The third-order valence-corrected chi connectivity index (χ3v) is 4.81. The minimum absolute atomic E-state index is 0.502. The van der Waals surface area contributed by atoms with Gasteiger partial charge in [0.25, 0.3) is 0 Å². The van der Waals surface area contributed by atoms with E-state index in [0.717, 1.165) is 16.8 Å². The van der Waals surface area contributed by atoms with Crippen molar-refractivity contribution in [2.24, 2.45) is 0 Å². The van der Waals surface area contributed by atoms with Gasteiger partial charge in [-0.1, -0.05) is 29.8 Å². The van der Waals surface area contributed by atoms with Crippen LogP contribution in [-0.4, -0.2) is 25.3 Å². The van der Waals surface area contributed by atoms with E-state index in [9.17, 15) is 0 Å². The molecule has 0 saturated heterocycles. The van der Waals surface area contributed by atoms with Crippen LogP contribution in [0.15, 0.2) is 9.68 Å². The molecule has 20 heavy (non-hydrogen) atoms. The Hall–Kier alpha value is -1.37. The lowest BCUT2D eigenvalue weighted by molar-refractivity contribution is 0.380. The number of thioether (sulfide) groups is 1. The third kappa shape index (κ3) is 2.59. The molecule has 7 heteroatoms. The standard InChI is InChI=1S/C13H17N5OS/c1-2-4-8(3-1)12-14-10(19-18-12)7-20-13-15-11(16-17-13)9-5-6-9/h8-9H,1-7H2,(H,15,16,17). The van der Waals surface area contributed by atoms with E-state index in [2.05, 4.69) is 25.3 Å². The predicted octanol–water partition coefficient (Wildman–Crippen LogP) is 3.02. The first-order valence-electron chi connectivity index (χ1n) is 7.26. The van der Waals surface area contributed by atoms with Crippen LogP contribution in [0.2, 0.25) is 0 Å². The van der Waals surface area contributed by atoms with Gasteiger partial charge in [0.2, 0.25) is 11.0 Å². The third-order valence-electron chi connectivity index (χ3n) is 3.98. The molecule has 0 unspecified atom stereocenters. The highest BCUT2D eigenvalue weighted by Crippen LogP contribution is 2.38. The van der Waals surface area contributed by atoms with Gasteiger partial charge in [0.05, 0.1) is 5.75 Å². The maximum atomic E-state index is 5.32. The molecule has 0 amide bonds. The molecular weight excluding hydrogens is 274 g/mol. The van der Waals surface area contributed by atoms with Crippen molar-refractivity contribution in [1.29, 1.82) is 0 Å². The molecule has 106 valence electrons. The zero-order chi connectivity index (χ0) is 13.4. The van der Waals surface area contributed by atoms with Crippen LogP contribution >= 0.6 is 11.8 Å². The van der Waals surface area contributed by atoms with Gasteiger partial charge in [-0.25, -0.2) is 4.98 Å².